The first-order valence-electron chi connectivity index (χ1n) is 6.34. The maximum atomic E-state index is 13.4. The lowest BCUT2D eigenvalue weighted by Gasteiger charge is -2.20. The Hall–Kier alpha value is -0.850. The number of carbonyl (C=O) groups excluding carboxylic acids is 1. The van der Waals surface area contributed by atoms with Crippen LogP contribution in [0.15, 0.2) is 16.6 Å². The second-order valence-corrected chi connectivity index (χ2v) is 5.73. The Balaban J connectivity index is 1.94. The van der Waals surface area contributed by atoms with Gasteiger partial charge in [-0.05, 0) is 35.0 Å². The van der Waals surface area contributed by atoms with Crippen LogP contribution in [-0.2, 0) is 4.79 Å². The van der Waals surface area contributed by atoms with E-state index in [2.05, 4.69) is 21.2 Å². The van der Waals surface area contributed by atoms with Crippen LogP contribution < -0.4 is 10.1 Å². The van der Waals surface area contributed by atoms with E-state index in [0.717, 1.165) is 19.5 Å². The van der Waals surface area contributed by atoms with E-state index in [0.29, 0.717) is 17.6 Å². The van der Waals surface area contributed by atoms with Gasteiger partial charge in [0.1, 0.15) is 11.6 Å². The molecule has 1 heterocycles. The maximum Gasteiger partial charge on any atom is 0.260 e. The molecule has 0 bridgehead atoms. The van der Waals surface area contributed by atoms with Crippen molar-refractivity contribution < 1.29 is 13.9 Å². The molecule has 0 spiro atoms. The van der Waals surface area contributed by atoms with Gasteiger partial charge >= 0.3 is 0 Å². The van der Waals surface area contributed by atoms with E-state index in [4.69, 9.17) is 16.3 Å². The number of hydrogen-bond donors (Lipinski definition) is 1. The van der Waals surface area contributed by atoms with Gasteiger partial charge in [0.15, 0.2) is 6.61 Å². The average Bonchev–Trinajstić information content (AvgIpc) is 2.70. The Bertz CT molecular complexity index is 494. The number of rotatable bonds is 3. The minimum Gasteiger partial charge on any atom is -0.482 e. The van der Waals surface area contributed by atoms with Crippen molar-refractivity contribution in [1.29, 1.82) is 0 Å². The molecule has 0 unspecified atom stereocenters. The molecule has 1 aromatic carbocycles. The van der Waals surface area contributed by atoms with Gasteiger partial charge in [-0.25, -0.2) is 4.39 Å². The smallest absolute Gasteiger partial charge is 0.260 e. The highest BCUT2D eigenvalue weighted by Crippen LogP contribution is 2.30. The van der Waals surface area contributed by atoms with E-state index in [-0.39, 0.29) is 23.3 Å². The third kappa shape index (κ3) is 4.07. The minimum absolute atomic E-state index is 0.00847. The quantitative estimate of drug-likeness (QED) is 0.837. The second-order valence-electron chi connectivity index (χ2n) is 4.47. The molecule has 110 valence electrons. The summed E-state index contributed by atoms with van der Waals surface area (Å²) in [5, 5.41) is 3.23. The Kier molecular flexibility index (Phi) is 5.63. The largest absolute Gasteiger partial charge is 0.482 e. The summed E-state index contributed by atoms with van der Waals surface area (Å²) < 4.78 is 19.2. The highest BCUT2D eigenvalue weighted by atomic mass is 79.9. The Morgan fingerprint density at radius 3 is 3.05 bits per heavy atom. The topological polar surface area (TPSA) is 41.6 Å². The molecular formula is C13H15BrClFN2O2. The lowest BCUT2D eigenvalue weighted by molar-refractivity contribution is -0.133. The third-order valence-corrected chi connectivity index (χ3v) is 3.93. The van der Waals surface area contributed by atoms with Crippen molar-refractivity contribution in [1.82, 2.24) is 10.2 Å². The number of carbonyl (C=O) groups is 1. The predicted octanol–water partition coefficient (Wildman–Crippen LogP) is 2.44. The van der Waals surface area contributed by atoms with Crippen LogP contribution in [-0.4, -0.2) is 43.6 Å². The monoisotopic (exact) mass is 364 g/mol. The summed E-state index contributed by atoms with van der Waals surface area (Å²) in [6, 6.07) is 2.58. The van der Waals surface area contributed by atoms with E-state index in [1.165, 1.54) is 12.1 Å². The Labute approximate surface area is 130 Å². The number of ether oxygens (including phenoxy) is 1. The van der Waals surface area contributed by atoms with Gasteiger partial charge in [0.05, 0.1) is 9.50 Å². The zero-order chi connectivity index (χ0) is 14.5. The lowest BCUT2D eigenvalue weighted by atomic mass is 10.3. The summed E-state index contributed by atoms with van der Waals surface area (Å²) in [5.74, 6) is -0.402. The lowest BCUT2D eigenvalue weighted by Crippen LogP contribution is -2.37. The van der Waals surface area contributed by atoms with Crippen LogP contribution in [0.5, 0.6) is 5.75 Å². The molecule has 1 aromatic rings. The van der Waals surface area contributed by atoms with Crippen molar-refractivity contribution in [2.75, 3.05) is 32.8 Å². The number of halogens is 3. The highest BCUT2D eigenvalue weighted by molar-refractivity contribution is 9.10. The van der Waals surface area contributed by atoms with Crippen LogP contribution >= 0.6 is 27.5 Å². The SMILES string of the molecule is O=C(COc1cc(F)c(Cl)cc1Br)N1CCCNCC1. The molecule has 1 aliphatic heterocycles. The summed E-state index contributed by atoms with van der Waals surface area (Å²) in [5.41, 5.74) is 0. The highest BCUT2D eigenvalue weighted by Gasteiger charge is 2.16. The fourth-order valence-electron chi connectivity index (χ4n) is 1.94. The van der Waals surface area contributed by atoms with E-state index in [1.807, 2.05) is 0 Å². The summed E-state index contributed by atoms with van der Waals surface area (Å²) >= 11 is 8.87. The molecule has 20 heavy (non-hydrogen) atoms. The van der Waals surface area contributed by atoms with E-state index >= 15 is 0 Å². The molecule has 0 atom stereocenters. The van der Waals surface area contributed by atoms with Crippen molar-refractivity contribution in [3.8, 4) is 5.75 Å². The number of nitrogens with zero attached hydrogens (tertiary/aromatic N) is 1. The molecule has 1 aliphatic rings. The molecule has 0 aliphatic carbocycles. The molecule has 1 N–H and O–H groups in total. The van der Waals surface area contributed by atoms with Gasteiger partial charge < -0.3 is 15.0 Å². The zero-order valence-corrected chi connectivity index (χ0v) is 13.1. The minimum atomic E-state index is -0.573. The number of hydrogen-bond acceptors (Lipinski definition) is 3. The van der Waals surface area contributed by atoms with Crippen LogP contribution in [0.3, 0.4) is 0 Å². The molecular weight excluding hydrogens is 351 g/mol. The molecule has 4 nitrogen and oxygen atoms in total. The first-order valence-corrected chi connectivity index (χ1v) is 7.51. The molecule has 1 fully saturated rings. The number of nitrogens with one attached hydrogen (secondary N) is 1. The second kappa shape index (κ2) is 7.24. The van der Waals surface area contributed by atoms with Gasteiger partial charge in [-0.1, -0.05) is 11.6 Å². The van der Waals surface area contributed by atoms with Crippen LogP contribution in [0.25, 0.3) is 0 Å². The van der Waals surface area contributed by atoms with Crippen molar-refractivity contribution in [3.05, 3.63) is 27.4 Å². The summed E-state index contributed by atoms with van der Waals surface area (Å²) in [4.78, 5) is 13.8. The molecule has 0 radical (unpaired) electrons. The molecule has 1 saturated heterocycles. The average molecular weight is 366 g/mol. The summed E-state index contributed by atoms with van der Waals surface area (Å²) in [6.45, 7) is 2.97. The van der Waals surface area contributed by atoms with Crippen LogP contribution in [0.1, 0.15) is 6.42 Å². The van der Waals surface area contributed by atoms with Gasteiger partial charge in [-0.3, -0.25) is 4.79 Å². The first kappa shape index (κ1) is 15.5. The first-order chi connectivity index (χ1) is 9.58. The normalized spacial score (nSPS) is 15.8. The van der Waals surface area contributed by atoms with Gasteiger partial charge in [-0.2, -0.15) is 0 Å². The molecule has 0 aromatic heterocycles. The van der Waals surface area contributed by atoms with Gasteiger partial charge in [0.2, 0.25) is 0 Å². The van der Waals surface area contributed by atoms with E-state index < -0.39 is 5.82 Å². The van der Waals surface area contributed by atoms with Crippen LogP contribution in [0.4, 0.5) is 4.39 Å². The predicted molar refractivity (Wildman–Crippen MR) is 78.7 cm³/mol. The third-order valence-electron chi connectivity index (χ3n) is 3.02. The molecule has 2 rings (SSSR count). The van der Waals surface area contributed by atoms with Crippen molar-refractivity contribution in [2.45, 2.75) is 6.42 Å². The Morgan fingerprint density at radius 1 is 1.45 bits per heavy atom. The summed E-state index contributed by atoms with van der Waals surface area (Å²) in [7, 11) is 0. The summed E-state index contributed by atoms with van der Waals surface area (Å²) in [6.07, 6.45) is 0.922. The number of amides is 1. The van der Waals surface area contributed by atoms with Gasteiger partial charge in [0.25, 0.3) is 5.91 Å². The molecule has 1 amide bonds. The van der Waals surface area contributed by atoms with E-state index in [1.54, 1.807) is 4.90 Å². The maximum absolute atomic E-state index is 13.4. The molecule has 0 saturated carbocycles. The molecule has 7 heteroatoms. The standard InChI is InChI=1S/C13H15BrClFN2O2/c14-9-6-10(15)11(16)7-12(9)20-8-13(19)18-4-1-2-17-3-5-18/h6-7,17H,1-5,8H2. The van der Waals surface area contributed by atoms with Crippen LogP contribution in [0, 0.1) is 5.82 Å². The number of benzene rings is 1. The van der Waals surface area contributed by atoms with Crippen molar-refractivity contribution >= 4 is 33.4 Å². The van der Waals surface area contributed by atoms with Gasteiger partial charge in [0, 0.05) is 25.7 Å². The van der Waals surface area contributed by atoms with Gasteiger partial charge in [-0.15, -0.1) is 0 Å². The fraction of sp³-hybridized carbons (Fsp3) is 0.462. The van der Waals surface area contributed by atoms with Crippen molar-refractivity contribution in [2.24, 2.45) is 0 Å². The fourth-order valence-corrected chi connectivity index (χ4v) is 2.69. The zero-order valence-electron chi connectivity index (χ0n) is 10.8. The Morgan fingerprint density at radius 2 is 2.25 bits per heavy atom. The van der Waals surface area contributed by atoms with Crippen molar-refractivity contribution in [3.63, 3.8) is 0 Å². The van der Waals surface area contributed by atoms with Crippen LogP contribution in [0.2, 0.25) is 5.02 Å². The van der Waals surface area contributed by atoms with E-state index in [9.17, 15) is 9.18 Å².